The third-order valence-corrected chi connectivity index (χ3v) is 1.58. The van der Waals surface area contributed by atoms with Crippen LogP contribution in [0.2, 0.25) is 0 Å². The van der Waals surface area contributed by atoms with Crippen LogP contribution in [0.3, 0.4) is 0 Å². The molecule has 0 saturated heterocycles. The van der Waals surface area contributed by atoms with Gasteiger partial charge in [-0.15, -0.1) is 0 Å². The van der Waals surface area contributed by atoms with Gasteiger partial charge in [0, 0.05) is 23.5 Å². The first-order chi connectivity index (χ1) is 9.61. The van der Waals surface area contributed by atoms with Gasteiger partial charge < -0.3 is 5.32 Å². The fourth-order valence-electron chi connectivity index (χ4n) is 0.866. The molecule has 0 saturated carbocycles. The van der Waals surface area contributed by atoms with E-state index >= 15 is 0 Å². The van der Waals surface area contributed by atoms with Crippen LogP contribution in [-0.4, -0.2) is 9.97 Å². The monoisotopic (exact) mass is 274 g/mol. The highest BCUT2D eigenvalue weighted by atomic mass is 16.1. The minimum absolute atomic E-state index is 0.254. The predicted molar refractivity (Wildman–Crippen MR) is 84.2 cm³/mol. The maximum atomic E-state index is 10.9. The van der Waals surface area contributed by atoms with Crippen molar-refractivity contribution in [2.24, 2.45) is 0 Å². The van der Waals surface area contributed by atoms with Gasteiger partial charge >= 0.3 is 0 Å². The van der Waals surface area contributed by atoms with E-state index in [2.05, 4.69) is 28.4 Å². The molecule has 0 aromatic carbocycles. The number of aromatic nitrogens is 2. The molecular formula is C15H22N4O. The first-order valence-electron chi connectivity index (χ1n) is 6.40. The van der Waals surface area contributed by atoms with Crippen LogP contribution in [0.5, 0.6) is 0 Å². The lowest BCUT2D eigenvalue weighted by Crippen LogP contribution is -2.09. The molecule has 0 unspecified atom stereocenters. The zero-order valence-corrected chi connectivity index (χ0v) is 12.5. The molecule has 1 rings (SSSR count). The molecule has 0 radical (unpaired) electrons. The largest absolute Gasteiger partial charge is 0.326 e. The summed E-state index contributed by atoms with van der Waals surface area (Å²) in [6, 6.07) is 3.18. The number of nitriles is 1. The van der Waals surface area contributed by atoms with E-state index in [4.69, 9.17) is 5.26 Å². The number of nitrogens with zero attached hydrogens (tertiary/aromatic N) is 2. The van der Waals surface area contributed by atoms with Crippen LogP contribution in [0, 0.1) is 11.3 Å². The Kier molecular flexibility index (Phi) is 12.7. The molecule has 0 amide bonds. The van der Waals surface area contributed by atoms with Crippen molar-refractivity contribution >= 4 is 5.95 Å². The summed E-state index contributed by atoms with van der Waals surface area (Å²) < 4.78 is 0. The van der Waals surface area contributed by atoms with E-state index in [0.717, 1.165) is 0 Å². The summed E-state index contributed by atoms with van der Waals surface area (Å²) in [5.41, 5.74) is 0.555. The van der Waals surface area contributed by atoms with Gasteiger partial charge in [0.25, 0.3) is 5.56 Å². The molecule has 5 heteroatoms. The molecule has 0 aliphatic carbocycles. The molecule has 1 heterocycles. The Hall–Kier alpha value is -2.61. The Morgan fingerprint density at radius 2 is 1.95 bits per heavy atom. The van der Waals surface area contributed by atoms with E-state index < -0.39 is 0 Å². The van der Waals surface area contributed by atoms with Gasteiger partial charge in [0.1, 0.15) is 0 Å². The summed E-state index contributed by atoms with van der Waals surface area (Å²) in [5.74, 6) is 0.296. The van der Waals surface area contributed by atoms with E-state index in [9.17, 15) is 4.79 Å². The zero-order chi connectivity index (χ0) is 16.0. The standard InChI is InChI=1S/C11H10N4O.2C2H6/c1-8(7-12)3-4-9(2)14-11-13-6-5-10(16)15-11;2*1-2/h3-6H,1-2H2,(H2,13,14,15,16);2*1-2H3/b4-3-;;. The second kappa shape index (κ2) is 12.8. The number of aromatic amines is 1. The SMILES string of the molecule is C=C(C#N)/C=C\C(=C)Nc1nccc(=O)[nH]1.CC.CC. The summed E-state index contributed by atoms with van der Waals surface area (Å²) in [6.45, 7) is 15.2. The summed E-state index contributed by atoms with van der Waals surface area (Å²) in [7, 11) is 0. The average Bonchev–Trinajstić information content (AvgIpc) is 2.49. The van der Waals surface area contributed by atoms with Gasteiger partial charge in [-0.3, -0.25) is 9.78 Å². The van der Waals surface area contributed by atoms with Crippen molar-refractivity contribution in [3.63, 3.8) is 0 Å². The highest BCUT2D eigenvalue weighted by Gasteiger charge is 1.94. The van der Waals surface area contributed by atoms with Crippen molar-refractivity contribution in [2.75, 3.05) is 5.32 Å². The van der Waals surface area contributed by atoms with E-state index in [1.165, 1.54) is 18.3 Å². The zero-order valence-electron chi connectivity index (χ0n) is 12.5. The maximum Gasteiger partial charge on any atom is 0.252 e. The van der Waals surface area contributed by atoms with Crippen LogP contribution in [0.15, 0.2) is 53.6 Å². The maximum absolute atomic E-state index is 10.9. The van der Waals surface area contributed by atoms with Crippen LogP contribution >= 0.6 is 0 Å². The Bertz CT molecular complexity index is 535. The van der Waals surface area contributed by atoms with E-state index in [1.807, 2.05) is 33.8 Å². The second-order valence-corrected chi connectivity index (χ2v) is 2.90. The molecule has 0 fully saturated rings. The second-order valence-electron chi connectivity index (χ2n) is 2.90. The minimum Gasteiger partial charge on any atom is -0.326 e. The van der Waals surface area contributed by atoms with Gasteiger partial charge in [0.05, 0.1) is 6.07 Å². The number of rotatable bonds is 4. The van der Waals surface area contributed by atoms with Crippen LogP contribution in [0.4, 0.5) is 5.95 Å². The highest BCUT2D eigenvalue weighted by molar-refractivity contribution is 5.41. The van der Waals surface area contributed by atoms with Crippen molar-refractivity contribution in [3.8, 4) is 6.07 Å². The molecule has 20 heavy (non-hydrogen) atoms. The lowest BCUT2D eigenvalue weighted by Gasteiger charge is -2.02. The van der Waals surface area contributed by atoms with E-state index in [1.54, 1.807) is 6.08 Å². The van der Waals surface area contributed by atoms with Crippen molar-refractivity contribution < 1.29 is 0 Å². The van der Waals surface area contributed by atoms with Gasteiger partial charge in [-0.25, -0.2) is 4.98 Å². The molecule has 0 bridgehead atoms. The normalized spacial score (nSPS) is 8.35. The molecule has 0 aliphatic heterocycles. The first kappa shape index (κ1) is 19.7. The van der Waals surface area contributed by atoms with Crippen molar-refractivity contribution in [1.29, 1.82) is 5.26 Å². The lowest BCUT2D eigenvalue weighted by molar-refractivity contribution is 1.11. The fraction of sp³-hybridized carbons (Fsp3) is 0.267. The minimum atomic E-state index is -0.254. The summed E-state index contributed by atoms with van der Waals surface area (Å²) in [4.78, 5) is 17.3. The molecule has 1 aromatic heterocycles. The quantitative estimate of drug-likeness (QED) is 0.651. The molecular weight excluding hydrogens is 252 g/mol. The number of hydrogen-bond acceptors (Lipinski definition) is 4. The third-order valence-electron chi connectivity index (χ3n) is 1.58. The van der Waals surface area contributed by atoms with E-state index in [-0.39, 0.29) is 5.56 Å². The van der Waals surface area contributed by atoms with Gasteiger partial charge in [-0.2, -0.15) is 5.26 Å². The Labute approximate surface area is 120 Å². The molecule has 0 spiro atoms. The predicted octanol–water partition coefficient (Wildman–Crippen LogP) is 3.38. The van der Waals surface area contributed by atoms with Gasteiger partial charge in [-0.05, 0) is 12.2 Å². The van der Waals surface area contributed by atoms with Crippen LogP contribution in [0.1, 0.15) is 27.7 Å². The van der Waals surface area contributed by atoms with E-state index in [0.29, 0.717) is 17.2 Å². The van der Waals surface area contributed by atoms with Crippen LogP contribution in [-0.2, 0) is 0 Å². The van der Waals surface area contributed by atoms with Crippen molar-refractivity contribution in [2.45, 2.75) is 27.7 Å². The molecule has 108 valence electrons. The molecule has 2 N–H and O–H groups in total. The summed E-state index contributed by atoms with van der Waals surface area (Å²) >= 11 is 0. The summed E-state index contributed by atoms with van der Waals surface area (Å²) in [5, 5.41) is 11.2. The van der Waals surface area contributed by atoms with Crippen LogP contribution < -0.4 is 10.9 Å². The number of H-pyrrole nitrogens is 1. The number of allylic oxidation sites excluding steroid dienone is 3. The molecule has 5 nitrogen and oxygen atoms in total. The number of hydrogen-bond donors (Lipinski definition) is 2. The topological polar surface area (TPSA) is 81.6 Å². The Balaban J connectivity index is 0. The van der Waals surface area contributed by atoms with Gasteiger partial charge in [0.2, 0.25) is 5.95 Å². The smallest absolute Gasteiger partial charge is 0.252 e. The average molecular weight is 274 g/mol. The molecule has 0 aliphatic rings. The van der Waals surface area contributed by atoms with Crippen molar-refractivity contribution in [3.05, 3.63) is 59.2 Å². The third kappa shape index (κ3) is 9.42. The number of nitrogens with one attached hydrogen (secondary N) is 2. The highest BCUT2D eigenvalue weighted by Crippen LogP contribution is 2.01. The van der Waals surface area contributed by atoms with Gasteiger partial charge in [0.15, 0.2) is 0 Å². The van der Waals surface area contributed by atoms with Crippen LogP contribution in [0.25, 0.3) is 0 Å². The fourth-order valence-corrected chi connectivity index (χ4v) is 0.866. The molecule has 0 atom stereocenters. The Morgan fingerprint density at radius 3 is 2.45 bits per heavy atom. The van der Waals surface area contributed by atoms with Gasteiger partial charge in [-0.1, -0.05) is 40.9 Å². The first-order valence-corrected chi connectivity index (χ1v) is 6.40. The lowest BCUT2D eigenvalue weighted by atomic mass is 10.3. The molecule has 1 aromatic rings. The summed E-state index contributed by atoms with van der Waals surface area (Å²) in [6.07, 6.45) is 4.46. The van der Waals surface area contributed by atoms with Crippen molar-refractivity contribution in [1.82, 2.24) is 9.97 Å². The Morgan fingerprint density at radius 1 is 1.35 bits per heavy atom. The number of anilines is 1.